The molecule has 1 aliphatic carbocycles. The Morgan fingerprint density at radius 1 is 0.971 bits per heavy atom. The fourth-order valence-corrected chi connectivity index (χ4v) is 5.81. The Kier molecular flexibility index (Phi) is 6.23. The maximum absolute atomic E-state index is 13.0. The molecule has 3 amide bonds. The predicted octanol–water partition coefficient (Wildman–Crippen LogP) is 2.16. The number of carbonyl (C=O) groups excluding carboxylic acids is 2. The van der Waals surface area contributed by atoms with Crippen molar-refractivity contribution in [3.63, 3.8) is 0 Å². The topological polar surface area (TPSA) is 84.9 Å². The van der Waals surface area contributed by atoms with Gasteiger partial charge < -0.3 is 15.1 Å². The predicted molar refractivity (Wildman–Crippen MR) is 134 cm³/mol. The zero-order chi connectivity index (χ0) is 24.6. The average Bonchev–Trinajstić information content (AvgIpc) is 3.20. The number of urea groups is 1. The third-order valence-electron chi connectivity index (χ3n) is 8.21. The molecule has 2 aromatic rings. The van der Waals surface area contributed by atoms with Crippen molar-refractivity contribution in [2.24, 2.45) is 0 Å². The Hall–Kier alpha value is -3.04. The molecule has 9 nitrogen and oxygen atoms in total. The first-order valence-electron chi connectivity index (χ1n) is 12.4. The molecule has 3 heterocycles. The number of piperazine rings is 1. The molecule has 9 heteroatoms. The monoisotopic (exact) mass is 477 g/mol. The third-order valence-corrected chi connectivity index (χ3v) is 8.21. The van der Waals surface area contributed by atoms with E-state index in [1.54, 1.807) is 22.2 Å². The van der Waals surface area contributed by atoms with Gasteiger partial charge in [0.25, 0.3) is 5.91 Å². The van der Waals surface area contributed by atoms with Gasteiger partial charge in [-0.25, -0.2) is 14.8 Å². The van der Waals surface area contributed by atoms with Gasteiger partial charge in [-0.3, -0.25) is 14.6 Å². The Morgan fingerprint density at radius 3 is 2.20 bits per heavy atom. The van der Waals surface area contributed by atoms with E-state index in [9.17, 15) is 9.59 Å². The van der Waals surface area contributed by atoms with Crippen molar-refractivity contribution >= 4 is 17.6 Å². The molecule has 1 spiro atoms. The van der Waals surface area contributed by atoms with Gasteiger partial charge in [0.2, 0.25) is 5.82 Å². The van der Waals surface area contributed by atoms with Crippen LogP contribution in [0.5, 0.6) is 0 Å². The number of hydrogen-bond donors (Lipinski definition) is 1. The minimum Gasteiger partial charge on any atom is -0.333 e. The molecular formula is C26H35N7O2. The second-order valence-corrected chi connectivity index (χ2v) is 10.4. The van der Waals surface area contributed by atoms with Crippen LogP contribution in [0.2, 0.25) is 0 Å². The van der Waals surface area contributed by atoms with Crippen molar-refractivity contribution in [2.45, 2.75) is 36.8 Å². The molecule has 1 aromatic heterocycles. The van der Waals surface area contributed by atoms with Gasteiger partial charge in [-0.15, -0.1) is 0 Å². The van der Waals surface area contributed by atoms with Crippen molar-refractivity contribution in [1.29, 1.82) is 0 Å². The van der Waals surface area contributed by atoms with Crippen LogP contribution >= 0.6 is 0 Å². The van der Waals surface area contributed by atoms with E-state index in [2.05, 4.69) is 76.6 Å². The Balaban J connectivity index is 1.27. The molecule has 0 radical (unpaired) electrons. The largest absolute Gasteiger partial charge is 0.333 e. The number of nitrogens with one attached hydrogen (secondary N) is 1. The molecule has 1 N–H and O–H groups in total. The standard InChI is InChI=1S/C26H35N7O2/c1-30(2)26(20-7-5-4-6-8-20)11-9-25(10-12-26)19-33(24(35)29-25)21-17-27-22(28-18-21)23(34)32-15-13-31(3)14-16-32/h4-8,17-18H,9-16,19H2,1-3H3,(H,29,35)/t25-,26+. The Bertz CT molecular complexity index is 1060. The van der Waals surface area contributed by atoms with Gasteiger partial charge in [-0.2, -0.15) is 0 Å². The summed E-state index contributed by atoms with van der Waals surface area (Å²) in [4.78, 5) is 42.4. The maximum atomic E-state index is 13.0. The van der Waals surface area contributed by atoms with Crippen LogP contribution in [0.1, 0.15) is 41.9 Å². The summed E-state index contributed by atoms with van der Waals surface area (Å²) < 4.78 is 0. The molecule has 0 bridgehead atoms. The van der Waals surface area contributed by atoms with Gasteiger partial charge in [0.1, 0.15) is 0 Å². The Labute approximate surface area is 207 Å². The number of anilines is 1. The van der Waals surface area contributed by atoms with Crippen LogP contribution in [0.15, 0.2) is 42.7 Å². The number of carbonyl (C=O) groups is 2. The molecule has 1 saturated carbocycles. The van der Waals surface area contributed by atoms with Crippen molar-refractivity contribution in [3.8, 4) is 0 Å². The van der Waals surface area contributed by atoms with Crippen LogP contribution in [0.4, 0.5) is 10.5 Å². The van der Waals surface area contributed by atoms with E-state index in [0.29, 0.717) is 25.3 Å². The summed E-state index contributed by atoms with van der Waals surface area (Å²) in [6.07, 6.45) is 6.92. The minimum atomic E-state index is -0.264. The lowest BCUT2D eigenvalue weighted by atomic mass is 9.69. The summed E-state index contributed by atoms with van der Waals surface area (Å²) in [5, 5.41) is 3.27. The maximum Gasteiger partial charge on any atom is 0.322 e. The van der Waals surface area contributed by atoms with Crippen LogP contribution in [-0.4, -0.2) is 96.0 Å². The minimum absolute atomic E-state index is 0.0287. The second-order valence-electron chi connectivity index (χ2n) is 10.4. The van der Waals surface area contributed by atoms with Crippen molar-refractivity contribution in [1.82, 2.24) is 30.0 Å². The van der Waals surface area contributed by atoms with E-state index >= 15 is 0 Å². The summed E-state index contributed by atoms with van der Waals surface area (Å²) in [5.74, 6) is 0.0316. The van der Waals surface area contributed by atoms with Gasteiger partial charge >= 0.3 is 6.03 Å². The summed E-state index contributed by atoms with van der Waals surface area (Å²) in [6, 6.07) is 10.5. The van der Waals surface area contributed by atoms with Crippen LogP contribution in [-0.2, 0) is 5.54 Å². The number of rotatable bonds is 4. The van der Waals surface area contributed by atoms with Gasteiger partial charge in [0, 0.05) is 31.7 Å². The molecule has 3 fully saturated rings. The number of benzene rings is 1. The van der Waals surface area contributed by atoms with Crippen molar-refractivity contribution < 1.29 is 9.59 Å². The molecule has 1 aromatic carbocycles. The first-order chi connectivity index (χ1) is 16.8. The quantitative estimate of drug-likeness (QED) is 0.727. The summed E-state index contributed by atoms with van der Waals surface area (Å²) in [5.41, 5.74) is 1.66. The van der Waals surface area contributed by atoms with Crippen molar-refractivity contribution in [3.05, 3.63) is 54.1 Å². The number of nitrogens with zero attached hydrogens (tertiary/aromatic N) is 6. The van der Waals surface area contributed by atoms with E-state index in [4.69, 9.17) is 0 Å². The number of aromatic nitrogens is 2. The highest BCUT2D eigenvalue weighted by Crippen LogP contribution is 2.46. The van der Waals surface area contributed by atoms with Crippen LogP contribution in [0.25, 0.3) is 0 Å². The van der Waals surface area contributed by atoms with Gasteiger partial charge in [-0.05, 0) is 52.4 Å². The smallest absolute Gasteiger partial charge is 0.322 e. The summed E-state index contributed by atoms with van der Waals surface area (Å²) in [6.45, 7) is 3.63. The highest BCUT2D eigenvalue weighted by atomic mass is 16.2. The molecule has 35 heavy (non-hydrogen) atoms. The molecule has 2 aliphatic heterocycles. The van der Waals surface area contributed by atoms with Gasteiger partial charge in [0.15, 0.2) is 0 Å². The molecule has 5 rings (SSSR count). The lowest BCUT2D eigenvalue weighted by molar-refractivity contribution is 0.0651. The normalized spacial score (nSPS) is 27.5. The molecular weight excluding hydrogens is 442 g/mol. The highest BCUT2D eigenvalue weighted by molar-refractivity contribution is 5.95. The third kappa shape index (κ3) is 4.38. The zero-order valence-electron chi connectivity index (χ0n) is 20.9. The first kappa shape index (κ1) is 23.7. The van der Waals surface area contributed by atoms with E-state index in [-0.39, 0.29) is 28.8 Å². The average molecular weight is 478 g/mol. The molecule has 3 aliphatic rings. The van der Waals surface area contributed by atoms with Crippen LogP contribution in [0, 0.1) is 0 Å². The van der Waals surface area contributed by atoms with Gasteiger partial charge in [-0.1, -0.05) is 30.3 Å². The molecule has 186 valence electrons. The number of amides is 3. The molecule has 2 saturated heterocycles. The zero-order valence-corrected chi connectivity index (χ0v) is 20.9. The van der Waals surface area contributed by atoms with Gasteiger partial charge in [0.05, 0.1) is 30.2 Å². The fourth-order valence-electron chi connectivity index (χ4n) is 5.81. The molecule has 0 atom stereocenters. The van der Waals surface area contributed by atoms with Crippen LogP contribution < -0.4 is 10.2 Å². The van der Waals surface area contributed by atoms with E-state index in [0.717, 1.165) is 38.8 Å². The summed E-state index contributed by atoms with van der Waals surface area (Å²) >= 11 is 0. The number of likely N-dealkylation sites (N-methyl/N-ethyl adjacent to an activating group) is 1. The lowest BCUT2D eigenvalue weighted by Gasteiger charge is -2.48. The van der Waals surface area contributed by atoms with E-state index in [1.807, 2.05) is 0 Å². The highest BCUT2D eigenvalue weighted by Gasteiger charge is 2.50. The van der Waals surface area contributed by atoms with Crippen molar-refractivity contribution in [2.75, 3.05) is 58.8 Å². The van der Waals surface area contributed by atoms with Crippen LogP contribution in [0.3, 0.4) is 0 Å². The second kappa shape index (κ2) is 9.20. The van der Waals surface area contributed by atoms with E-state index in [1.165, 1.54) is 5.56 Å². The first-order valence-corrected chi connectivity index (χ1v) is 12.4. The fraction of sp³-hybridized carbons (Fsp3) is 0.538. The summed E-state index contributed by atoms with van der Waals surface area (Å²) in [7, 11) is 6.34. The lowest BCUT2D eigenvalue weighted by Crippen LogP contribution is -2.54. The van der Waals surface area contributed by atoms with E-state index < -0.39 is 0 Å². The Morgan fingerprint density at radius 2 is 1.60 bits per heavy atom. The SMILES string of the molecule is CN1CCN(C(=O)c2ncc(N3C[C@]4(CC[C@](c5ccccc5)(N(C)C)CC4)NC3=O)cn2)CC1. The number of hydrogen-bond acceptors (Lipinski definition) is 6. The molecule has 0 unspecified atom stereocenters.